The second-order valence-electron chi connectivity index (χ2n) is 7.08. The van der Waals surface area contributed by atoms with Crippen LogP contribution in [0.4, 0.5) is 4.39 Å². The fourth-order valence-electron chi connectivity index (χ4n) is 3.64. The Bertz CT molecular complexity index is 1370. The smallest absolute Gasteiger partial charge is 0.293 e. The number of nitrogens with zero attached hydrogens (tertiary/aromatic N) is 7. The van der Waals surface area contributed by atoms with E-state index >= 15 is 0 Å². The molecule has 0 spiro atoms. The van der Waals surface area contributed by atoms with E-state index in [1.807, 2.05) is 19.9 Å². The number of hydrogen-bond donors (Lipinski definition) is 0. The van der Waals surface area contributed by atoms with E-state index in [1.54, 1.807) is 0 Å². The predicted octanol–water partition coefficient (Wildman–Crippen LogP) is 1.09. The maximum Gasteiger partial charge on any atom is 0.293 e. The van der Waals surface area contributed by atoms with Gasteiger partial charge in [0.15, 0.2) is 0 Å². The molecular weight excluding hydrogens is 377 g/mol. The van der Waals surface area contributed by atoms with Gasteiger partial charge in [-0.15, -0.1) is 5.10 Å². The van der Waals surface area contributed by atoms with E-state index in [9.17, 15) is 14.0 Å². The lowest BCUT2D eigenvalue weighted by Crippen LogP contribution is -2.40. The summed E-state index contributed by atoms with van der Waals surface area (Å²) in [6, 6.07) is 4.58. The van der Waals surface area contributed by atoms with Gasteiger partial charge < -0.3 is 4.90 Å². The van der Waals surface area contributed by atoms with Crippen LogP contribution in [-0.4, -0.2) is 46.3 Å². The number of carbonyl (C=O) groups is 1. The van der Waals surface area contributed by atoms with E-state index in [-0.39, 0.29) is 23.8 Å². The highest BCUT2D eigenvalue weighted by Gasteiger charge is 2.28. The van der Waals surface area contributed by atoms with E-state index in [0.29, 0.717) is 35.6 Å². The van der Waals surface area contributed by atoms with Crippen molar-refractivity contribution in [2.24, 2.45) is 0 Å². The van der Waals surface area contributed by atoms with Gasteiger partial charge in [0.05, 0.1) is 17.8 Å². The third kappa shape index (κ3) is 2.75. The van der Waals surface area contributed by atoms with E-state index < -0.39 is 5.82 Å². The van der Waals surface area contributed by atoms with Crippen molar-refractivity contribution in [1.29, 1.82) is 0 Å². The third-order valence-electron chi connectivity index (χ3n) is 5.03. The molecule has 0 saturated carbocycles. The summed E-state index contributed by atoms with van der Waals surface area (Å²) in [5.74, 6) is -0.542. The predicted molar refractivity (Wildman–Crippen MR) is 100 cm³/mol. The van der Waals surface area contributed by atoms with Gasteiger partial charge in [0.2, 0.25) is 5.82 Å². The van der Waals surface area contributed by atoms with Crippen molar-refractivity contribution in [3.05, 3.63) is 69.0 Å². The van der Waals surface area contributed by atoms with Gasteiger partial charge >= 0.3 is 0 Å². The Morgan fingerprint density at radius 3 is 2.83 bits per heavy atom. The van der Waals surface area contributed by atoms with Crippen molar-refractivity contribution in [3.63, 3.8) is 0 Å². The SMILES string of the molecule is Cc1cc(C)n2nc(C(=O)N3CCc4nc5ccc(F)cn5c(=O)c4C3)nc2n1. The Morgan fingerprint density at radius 2 is 2.00 bits per heavy atom. The Balaban J connectivity index is 1.53. The van der Waals surface area contributed by atoms with E-state index in [2.05, 4.69) is 20.1 Å². The first kappa shape index (κ1) is 17.4. The molecule has 0 fully saturated rings. The van der Waals surface area contributed by atoms with Crippen LogP contribution in [0, 0.1) is 19.7 Å². The Labute approximate surface area is 163 Å². The fraction of sp³-hybridized carbons (Fsp3) is 0.263. The molecule has 5 heterocycles. The summed E-state index contributed by atoms with van der Waals surface area (Å²) < 4.78 is 16.2. The molecule has 1 amide bonds. The number of carbonyl (C=O) groups excluding carboxylic acids is 1. The summed E-state index contributed by atoms with van der Waals surface area (Å²) in [6.07, 6.45) is 1.53. The summed E-state index contributed by atoms with van der Waals surface area (Å²) in [5, 5.41) is 4.27. The van der Waals surface area contributed by atoms with Crippen molar-refractivity contribution in [2.75, 3.05) is 6.54 Å². The Morgan fingerprint density at radius 1 is 1.17 bits per heavy atom. The van der Waals surface area contributed by atoms with E-state index in [4.69, 9.17) is 0 Å². The average molecular weight is 393 g/mol. The van der Waals surface area contributed by atoms with Crippen molar-refractivity contribution >= 4 is 17.3 Å². The largest absolute Gasteiger partial charge is 0.331 e. The maximum atomic E-state index is 13.6. The molecule has 0 aliphatic carbocycles. The van der Waals surface area contributed by atoms with Crippen LogP contribution in [0.5, 0.6) is 0 Å². The molecule has 29 heavy (non-hydrogen) atoms. The highest BCUT2D eigenvalue weighted by Crippen LogP contribution is 2.17. The quantitative estimate of drug-likeness (QED) is 0.480. The zero-order chi connectivity index (χ0) is 20.3. The summed E-state index contributed by atoms with van der Waals surface area (Å²) in [4.78, 5) is 40.3. The van der Waals surface area contributed by atoms with E-state index in [0.717, 1.165) is 17.6 Å². The molecule has 0 saturated heterocycles. The number of fused-ring (bicyclic) bond motifs is 3. The number of aromatic nitrogens is 6. The zero-order valence-electron chi connectivity index (χ0n) is 15.8. The molecule has 1 aliphatic heterocycles. The van der Waals surface area contributed by atoms with Gasteiger partial charge in [-0.05, 0) is 32.0 Å². The van der Waals surface area contributed by atoms with Gasteiger partial charge in [0.1, 0.15) is 11.5 Å². The van der Waals surface area contributed by atoms with Crippen LogP contribution in [0.25, 0.3) is 11.4 Å². The molecule has 0 unspecified atom stereocenters. The number of hydrogen-bond acceptors (Lipinski definition) is 6. The van der Waals surface area contributed by atoms with Crippen molar-refractivity contribution in [1.82, 2.24) is 33.9 Å². The normalized spacial score (nSPS) is 13.8. The molecule has 0 atom stereocenters. The zero-order valence-corrected chi connectivity index (χ0v) is 15.8. The monoisotopic (exact) mass is 393 g/mol. The number of aryl methyl sites for hydroxylation is 2. The molecule has 0 radical (unpaired) electrons. The lowest BCUT2D eigenvalue weighted by atomic mass is 10.1. The number of rotatable bonds is 1. The molecule has 4 aromatic rings. The van der Waals surface area contributed by atoms with Crippen molar-refractivity contribution in [3.8, 4) is 0 Å². The Hall–Kier alpha value is -3.69. The van der Waals surface area contributed by atoms with Crippen LogP contribution < -0.4 is 5.56 Å². The Kier molecular flexibility index (Phi) is 3.70. The topological polar surface area (TPSA) is 97.8 Å². The summed E-state index contributed by atoms with van der Waals surface area (Å²) in [5.41, 5.74) is 2.61. The lowest BCUT2D eigenvalue weighted by molar-refractivity contribution is 0.0720. The molecule has 146 valence electrons. The highest BCUT2D eigenvalue weighted by molar-refractivity contribution is 5.91. The van der Waals surface area contributed by atoms with Crippen molar-refractivity contribution < 1.29 is 9.18 Å². The lowest BCUT2D eigenvalue weighted by Gasteiger charge is -2.27. The van der Waals surface area contributed by atoms with Crippen LogP contribution in [0.2, 0.25) is 0 Å². The van der Waals surface area contributed by atoms with Gasteiger partial charge in [-0.3, -0.25) is 14.0 Å². The molecule has 0 aromatic carbocycles. The number of pyridine rings is 1. The fourth-order valence-corrected chi connectivity index (χ4v) is 3.64. The minimum Gasteiger partial charge on any atom is -0.331 e. The molecule has 10 heteroatoms. The first-order chi connectivity index (χ1) is 13.9. The first-order valence-electron chi connectivity index (χ1n) is 9.10. The van der Waals surface area contributed by atoms with Gasteiger partial charge in [-0.2, -0.15) is 4.98 Å². The van der Waals surface area contributed by atoms with Gasteiger partial charge in [0, 0.05) is 30.6 Å². The molecule has 0 N–H and O–H groups in total. The molecule has 5 rings (SSSR count). The maximum absolute atomic E-state index is 13.6. The highest BCUT2D eigenvalue weighted by atomic mass is 19.1. The van der Waals surface area contributed by atoms with Crippen LogP contribution in [-0.2, 0) is 13.0 Å². The first-order valence-corrected chi connectivity index (χ1v) is 9.10. The second kappa shape index (κ2) is 6.16. The third-order valence-corrected chi connectivity index (χ3v) is 5.03. The van der Waals surface area contributed by atoms with Gasteiger partial charge in [-0.1, -0.05) is 0 Å². The van der Waals surface area contributed by atoms with Crippen molar-refractivity contribution in [2.45, 2.75) is 26.8 Å². The summed E-state index contributed by atoms with van der Waals surface area (Å²) in [7, 11) is 0. The molecular formula is C19H16FN7O2. The number of halogens is 1. The van der Waals surface area contributed by atoms with Crippen LogP contribution in [0.3, 0.4) is 0 Å². The molecule has 4 aromatic heterocycles. The second-order valence-corrected chi connectivity index (χ2v) is 7.08. The standard InChI is InChI=1S/C19H16FN7O2/c1-10-7-11(2)27-19(21-10)23-16(24-27)18(29)25-6-5-14-13(9-25)17(28)26-8-12(20)3-4-15(26)22-14/h3-4,7-8H,5-6,9H2,1-2H3. The molecule has 0 bridgehead atoms. The van der Waals surface area contributed by atoms with Gasteiger partial charge in [-0.25, -0.2) is 18.9 Å². The molecule has 9 nitrogen and oxygen atoms in total. The summed E-state index contributed by atoms with van der Waals surface area (Å²) >= 11 is 0. The van der Waals surface area contributed by atoms with Gasteiger partial charge in [0.25, 0.3) is 17.2 Å². The average Bonchev–Trinajstić information content (AvgIpc) is 3.12. The summed E-state index contributed by atoms with van der Waals surface area (Å²) in [6.45, 7) is 4.16. The number of amides is 1. The molecule has 1 aliphatic rings. The van der Waals surface area contributed by atoms with Crippen LogP contribution in [0.1, 0.15) is 33.3 Å². The minimum atomic E-state index is -0.530. The minimum absolute atomic E-state index is 0.0227. The van der Waals surface area contributed by atoms with E-state index in [1.165, 1.54) is 25.9 Å². The van der Waals surface area contributed by atoms with Crippen LogP contribution >= 0.6 is 0 Å². The van der Waals surface area contributed by atoms with Crippen LogP contribution in [0.15, 0.2) is 29.2 Å².